The zero-order chi connectivity index (χ0) is 7.65. The van der Waals surface area contributed by atoms with E-state index in [-0.39, 0.29) is 12.4 Å². The molecule has 0 aliphatic carbocycles. The number of hydrogen-bond donors (Lipinski definition) is 1. The van der Waals surface area contributed by atoms with Crippen molar-refractivity contribution in [2.24, 2.45) is 0 Å². The number of halogens is 1. The number of nitrogens with zero attached hydrogens (tertiary/aromatic N) is 2. The minimum atomic E-state index is -2.65. The molecule has 0 rings (SSSR count). The van der Waals surface area contributed by atoms with Gasteiger partial charge in [0.2, 0.25) is 0 Å². The molecule has 0 spiro atoms. The van der Waals surface area contributed by atoms with Gasteiger partial charge in [-0.1, -0.05) is 0 Å². The van der Waals surface area contributed by atoms with Gasteiger partial charge in [0, 0.05) is 28.2 Å². The molecule has 0 saturated carbocycles. The van der Waals surface area contributed by atoms with Crippen LogP contribution in [0.15, 0.2) is 0 Å². The summed E-state index contributed by atoms with van der Waals surface area (Å²) in [5.74, 6) is 0. The van der Waals surface area contributed by atoms with Crippen molar-refractivity contribution >= 4 is 22.5 Å². The van der Waals surface area contributed by atoms with Crippen LogP contribution in [0.1, 0.15) is 0 Å². The number of nitrogens with one attached hydrogen (secondary N) is 1. The van der Waals surface area contributed by atoms with E-state index in [9.17, 15) is 4.21 Å². The fourth-order valence-corrected chi connectivity index (χ4v) is 0.980. The normalized spacial score (nSPS) is 11.8. The van der Waals surface area contributed by atoms with Gasteiger partial charge in [-0.2, -0.15) is 0 Å². The quantitative estimate of drug-likeness (QED) is 0.669. The van der Waals surface area contributed by atoms with Gasteiger partial charge >= 0.3 is 0 Å². The molecule has 0 atom stereocenters. The summed E-state index contributed by atoms with van der Waals surface area (Å²) in [6.45, 7) is 0. The Morgan fingerprint density at radius 1 is 1.10 bits per heavy atom. The molecule has 0 aromatic heterocycles. The van der Waals surface area contributed by atoms with Crippen molar-refractivity contribution in [2.75, 3.05) is 28.2 Å². The van der Waals surface area contributed by atoms with E-state index in [0.29, 0.717) is 0 Å². The topological polar surface area (TPSA) is 47.4 Å². The summed E-state index contributed by atoms with van der Waals surface area (Å²) in [5, 5.41) is 0. The van der Waals surface area contributed by atoms with Crippen LogP contribution in [0.2, 0.25) is 0 Å². The van der Waals surface area contributed by atoms with Crippen LogP contribution < -0.4 is 0 Å². The van der Waals surface area contributed by atoms with Crippen LogP contribution in [0.3, 0.4) is 0 Å². The van der Waals surface area contributed by atoms with Crippen LogP contribution >= 0.6 is 12.4 Å². The molecule has 0 aliphatic rings. The summed E-state index contributed by atoms with van der Waals surface area (Å²) in [4.78, 5) is 0. The Labute approximate surface area is 68.8 Å². The van der Waals surface area contributed by atoms with E-state index in [4.69, 9.17) is 4.78 Å². The Balaban J connectivity index is 0. The molecule has 10 heavy (non-hydrogen) atoms. The lowest BCUT2D eigenvalue weighted by molar-refractivity contribution is 0.511. The van der Waals surface area contributed by atoms with Crippen LogP contribution in [-0.2, 0) is 10.1 Å². The average Bonchev–Trinajstić information content (AvgIpc) is 1.65. The zero-order valence-corrected chi connectivity index (χ0v) is 8.25. The molecule has 6 heteroatoms. The lowest BCUT2D eigenvalue weighted by atomic mass is 11.3. The highest BCUT2D eigenvalue weighted by Crippen LogP contribution is 1.96. The average molecular weight is 188 g/mol. The third-order valence-corrected chi connectivity index (χ3v) is 2.97. The van der Waals surface area contributed by atoms with Gasteiger partial charge in [-0.3, -0.25) is 0 Å². The third-order valence-electron chi connectivity index (χ3n) is 0.990. The van der Waals surface area contributed by atoms with Gasteiger partial charge in [0.25, 0.3) is 0 Å². The minimum Gasteiger partial charge on any atom is -0.227 e. The maximum atomic E-state index is 11.1. The maximum absolute atomic E-state index is 11.1. The number of rotatable bonds is 2. The van der Waals surface area contributed by atoms with Crippen molar-refractivity contribution in [3.63, 3.8) is 0 Å². The van der Waals surface area contributed by atoms with Crippen LogP contribution in [0.25, 0.3) is 0 Å². The van der Waals surface area contributed by atoms with Crippen LogP contribution in [-0.4, -0.2) is 41.0 Å². The molecule has 0 heterocycles. The molecule has 0 fully saturated rings. The van der Waals surface area contributed by atoms with Crippen molar-refractivity contribution in [3.05, 3.63) is 0 Å². The Hall–Kier alpha value is 0.160. The molecule has 0 saturated heterocycles. The summed E-state index contributed by atoms with van der Waals surface area (Å²) in [6.07, 6.45) is 0. The first-order chi connectivity index (χ1) is 3.89. The Kier molecular flexibility index (Phi) is 5.28. The van der Waals surface area contributed by atoms with Crippen LogP contribution in [0.5, 0.6) is 0 Å². The predicted molar refractivity (Wildman–Crippen MR) is 45.5 cm³/mol. The van der Waals surface area contributed by atoms with Gasteiger partial charge in [0.05, 0.1) is 0 Å². The monoisotopic (exact) mass is 187 g/mol. The Morgan fingerprint density at radius 3 is 1.30 bits per heavy atom. The van der Waals surface area contributed by atoms with Gasteiger partial charge in [-0.25, -0.2) is 17.6 Å². The van der Waals surface area contributed by atoms with E-state index in [1.165, 1.54) is 8.61 Å². The van der Waals surface area contributed by atoms with Crippen LogP contribution in [0, 0.1) is 4.78 Å². The van der Waals surface area contributed by atoms with E-state index < -0.39 is 10.1 Å². The first-order valence-electron chi connectivity index (χ1n) is 2.52. The first-order valence-corrected chi connectivity index (χ1v) is 4.00. The van der Waals surface area contributed by atoms with Crippen molar-refractivity contribution in [1.29, 1.82) is 4.78 Å². The van der Waals surface area contributed by atoms with Crippen molar-refractivity contribution in [2.45, 2.75) is 0 Å². The first kappa shape index (κ1) is 12.8. The third kappa shape index (κ3) is 2.83. The fraction of sp³-hybridized carbons (Fsp3) is 1.00. The van der Waals surface area contributed by atoms with Gasteiger partial charge in [-0.15, -0.1) is 12.4 Å². The van der Waals surface area contributed by atoms with E-state index in [1.807, 2.05) is 0 Å². The molecule has 0 bridgehead atoms. The lowest BCUT2D eigenvalue weighted by Crippen LogP contribution is -2.33. The highest BCUT2D eigenvalue weighted by atomic mass is 35.5. The van der Waals surface area contributed by atoms with Crippen molar-refractivity contribution < 1.29 is 4.21 Å². The Bertz CT molecular complexity index is 161. The highest BCUT2D eigenvalue weighted by Gasteiger charge is 2.10. The van der Waals surface area contributed by atoms with E-state index >= 15 is 0 Å². The Morgan fingerprint density at radius 2 is 1.30 bits per heavy atom. The smallest absolute Gasteiger partial charge is 0.174 e. The zero-order valence-electron chi connectivity index (χ0n) is 6.62. The van der Waals surface area contributed by atoms with Gasteiger partial charge in [-0.05, 0) is 0 Å². The second kappa shape index (κ2) is 4.12. The highest BCUT2D eigenvalue weighted by molar-refractivity contribution is 7.87. The molecule has 4 nitrogen and oxygen atoms in total. The summed E-state index contributed by atoms with van der Waals surface area (Å²) in [6, 6.07) is 0. The van der Waals surface area contributed by atoms with E-state index in [0.717, 1.165) is 0 Å². The largest absolute Gasteiger partial charge is 0.227 e. The SMILES string of the molecule is CN(C)S(=N)(=O)N(C)C.Cl. The van der Waals surface area contributed by atoms with E-state index in [1.54, 1.807) is 28.2 Å². The van der Waals surface area contributed by atoms with E-state index in [2.05, 4.69) is 0 Å². The molecular formula is C4H14ClN3OS. The summed E-state index contributed by atoms with van der Waals surface area (Å²) >= 11 is 0. The summed E-state index contributed by atoms with van der Waals surface area (Å²) < 4.78 is 21.1. The summed E-state index contributed by atoms with van der Waals surface area (Å²) in [5.41, 5.74) is 0. The molecule has 0 aliphatic heterocycles. The molecule has 0 amide bonds. The molecular weight excluding hydrogens is 174 g/mol. The minimum absolute atomic E-state index is 0. The van der Waals surface area contributed by atoms with Gasteiger partial charge in [0.1, 0.15) is 0 Å². The van der Waals surface area contributed by atoms with Crippen LogP contribution in [0.4, 0.5) is 0 Å². The second-order valence-corrected chi connectivity index (χ2v) is 4.58. The maximum Gasteiger partial charge on any atom is 0.174 e. The summed E-state index contributed by atoms with van der Waals surface area (Å²) in [7, 11) is 3.83. The molecule has 0 unspecified atom stereocenters. The number of hydrogen-bond acceptors (Lipinski definition) is 2. The van der Waals surface area contributed by atoms with Gasteiger partial charge in [0.15, 0.2) is 10.1 Å². The van der Waals surface area contributed by atoms with Crippen molar-refractivity contribution in [1.82, 2.24) is 8.61 Å². The molecule has 0 radical (unpaired) electrons. The predicted octanol–water partition coefficient (Wildman–Crippen LogP) is 0.408. The van der Waals surface area contributed by atoms with Crippen molar-refractivity contribution in [3.8, 4) is 0 Å². The molecule has 0 aromatic rings. The second-order valence-electron chi connectivity index (χ2n) is 2.12. The molecule has 0 aromatic carbocycles. The standard InChI is InChI=1S/C4H13N3OS.ClH/c1-6(2)9(5,8)7(3)4;/h5H,1-4H3;1H. The lowest BCUT2D eigenvalue weighted by Gasteiger charge is -2.19. The molecule has 64 valence electrons. The fourth-order valence-electron chi connectivity index (χ4n) is 0.327. The molecule has 1 N–H and O–H groups in total. The van der Waals surface area contributed by atoms with Gasteiger partial charge < -0.3 is 0 Å².